The van der Waals surface area contributed by atoms with E-state index in [4.69, 9.17) is 15.2 Å². The maximum atomic E-state index is 10.9. The first kappa shape index (κ1) is 18.1. The summed E-state index contributed by atoms with van der Waals surface area (Å²) < 4.78 is 11.5. The Morgan fingerprint density at radius 3 is 2.76 bits per heavy atom. The highest BCUT2D eigenvalue weighted by atomic mass is 16.6. The number of fused-ring (bicyclic) bond motifs is 1. The number of hydrogen-bond acceptors (Lipinski definition) is 8. The number of nitrogens with zero attached hydrogens (tertiary/aromatic N) is 1. The standard InChI is InChI=1S/C17H32N4O4/c1-2-24-16(23)12-11(10-6-5-9-25-10)13(18)15(22)21-14(12)19-17(20-21)7-3-4-8-17/h10-16,19-20,22-23H,2-9,18H2,1H3. The van der Waals surface area contributed by atoms with Gasteiger partial charge in [-0.2, -0.15) is 5.01 Å². The van der Waals surface area contributed by atoms with Crippen LogP contribution in [0.2, 0.25) is 0 Å². The van der Waals surface area contributed by atoms with E-state index < -0.39 is 18.6 Å². The average molecular weight is 356 g/mol. The fourth-order valence-electron chi connectivity index (χ4n) is 5.33. The largest absolute Gasteiger partial charge is 0.378 e. The Morgan fingerprint density at radius 1 is 1.36 bits per heavy atom. The van der Waals surface area contributed by atoms with Gasteiger partial charge in [-0.25, -0.2) is 5.43 Å². The lowest BCUT2D eigenvalue weighted by molar-refractivity contribution is -0.223. The summed E-state index contributed by atoms with van der Waals surface area (Å²) in [4.78, 5) is 0. The molecule has 6 N–H and O–H groups in total. The van der Waals surface area contributed by atoms with Crippen LogP contribution in [0.3, 0.4) is 0 Å². The highest BCUT2D eigenvalue weighted by Gasteiger charge is 2.59. The molecule has 3 aliphatic heterocycles. The number of aliphatic hydroxyl groups is 2. The molecule has 3 saturated heterocycles. The van der Waals surface area contributed by atoms with E-state index in [2.05, 4.69) is 10.7 Å². The van der Waals surface area contributed by atoms with E-state index in [-0.39, 0.29) is 29.8 Å². The molecule has 4 aliphatic rings. The van der Waals surface area contributed by atoms with Crippen molar-refractivity contribution < 1.29 is 19.7 Å². The Labute approximate surface area is 149 Å². The van der Waals surface area contributed by atoms with Crippen molar-refractivity contribution in [1.29, 1.82) is 0 Å². The van der Waals surface area contributed by atoms with E-state index in [1.807, 2.05) is 11.9 Å². The first-order valence-electron chi connectivity index (χ1n) is 9.75. The van der Waals surface area contributed by atoms with E-state index in [0.717, 1.165) is 38.5 Å². The summed E-state index contributed by atoms with van der Waals surface area (Å²) in [5.74, 6) is -0.430. The van der Waals surface area contributed by atoms with Crippen LogP contribution < -0.4 is 16.5 Å². The van der Waals surface area contributed by atoms with Crippen molar-refractivity contribution in [3.8, 4) is 0 Å². The molecular weight excluding hydrogens is 324 g/mol. The number of hydrogen-bond donors (Lipinski definition) is 5. The van der Waals surface area contributed by atoms with Crippen LogP contribution in [0, 0.1) is 11.8 Å². The van der Waals surface area contributed by atoms with Crippen LogP contribution in [0.4, 0.5) is 0 Å². The van der Waals surface area contributed by atoms with Crippen molar-refractivity contribution in [2.75, 3.05) is 13.2 Å². The monoisotopic (exact) mass is 356 g/mol. The highest BCUT2D eigenvalue weighted by molar-refractivity contribution is 5.07. The van der Waals surface area contributed by atoms with Crippen molar-refractivity contribution in [3.63, 3.8) is 0 Å². The minimum Gasteiger partial charge on any atom is -0.378 e. The lowest BCUT2D eigenvalue weighted by atomic mass is 9.75. The maximum absolute atomic E-state index is 10.9. The molecule has 8 nitrogen and oxygen atoms in total. The molecule has 3 heterocycles. The summed E-state index contributed by atoms with van der Waals surface area (Å²) in [7, 11) is 0. The van der Waals surface area contributed by atoms with Crippen molar-refractivity contribution >= 4 is 0 Å². The molecule has 0 radical (unpaired) electrons. The fourth-order valence-corrected chi connectivity index (χ4v) is 5.33. The second-order valence-electron chi connectivity index (χ2n) is 7.94. The first-order valence-corrected chi connectivity index (χ1v) is 9.75. The molecule has 0 aromatic carbocycles. The van der Waals surface area contributed by atoms with Gasteiger partial charge in [0.15, 0.2) is 6.29 Å². The lowest BCUT2D eigenvalue weighted by Gasteiger charge is -2.50. The lowest BCUT2D eigenvalue weighted by Crippen LogP contribution is -2.70. The topological polar surface area (TPSA) is 112 Å². The van der Waals surface area contributed by atoms with Crippen LogP contribution in [0.1, 0.15) is 45.4 Å². The SMILES string of the molecule is CCOC(O)C1C(C2CCCO2)C(N)C(O)N2NC3(CCCC3)NC12. The minimum absolute atomic E-state index is 0.0474. The van der Waals surface area contributed by atoms with Gasteiger partial charge in [0.05, 0.1) is 24.0 Å². The molecule has 1 saturated carbocycles. The van der Waals surface area contributed by atoms with E-state index >= 15 is 0 Å². The van der Waals surface area contributed by atoms with Gasteiger partial charge in [0, 0.05) is 25.0 Å². The molecule has 0 bridgehead atoms. The Bertz CT molecular complexity index is 470. The number of aliphatic hydroxyl groups excluding tert-OH is 2. The molecule has 1 spiro atoms. The fraction of sp³-hybridized carbons (Fsp3) is 1.00. The molecule has 144 valence electrons. The predicted molar refractivity (Wildman–Crippen MR) is 90.7 cm³/mol. The molecule has 0 aromatic heterocycles. The summed E-state index contributed by atoms with van der Waals surface area (Å²) in [6.07, 6.45) is 4.16. The number of ether oxygens (including phenoxy) is 2. The molecule has 0 amide bonds. The molecule has 7 atom stereocenters. The third-order valence-corrected chi connectivity index (χ3v) is 6.47. The van der Waals surface area contributed by atoms with Crippen LogP contribution >= 0.6 is 0 Å². The molecule has 25 heavy (non-hydrogen) atoms. The zero-order valence-electron chi connectivity index (χ0n) is 14.9. The maximum Gasteiger partial charge on any atom is 0.160 e. The van der Waals surface area contributed by atoms with Gasteiger partial charge in [-0.1, -0.05) is 12.8 Å². The zero-order valence-corrected chi connectivity index (χ0v) is 14.9. The summed E-state index contributed by atoms with van der Waals surface area (Å²) in [6, 6.07) is -0.509. The number of hydrazine groups is 1. The summed E-state index contributed by atoms with van der Waals surface area (Å²) in [5.41, 5.74) is 9.73. The van der Waals surface area contributed by atoms with E-state index in [9.17, 15) is 10.2 Å². The second kappa shape index (κ2) is 7.01. The average Bonchev–Trinajstić information content (AvgIpc) is 3.33. The second-order valence-corrected chi connectivity index (χ2v) is 7.94. The van der Waals surface area contributed by atoms with Crippen LogP contribution in [0.15, 0.2) is 0 Å². The molecule has 4 fully saturated rings. The normalized spacial score (nSPS) is 45.1. The smallest absolute Gasteiger partial charge is 0.160 e. The predicted octanol–water partition coefficient (Wildman–Crippen LogP) is -0.582. The molecule has 0 aromatic rings. The molecular formula is C17H32N4O4. The third-order valence-electron chi connectivity index (χ3n) is 6.47. The van der Waals surface area contributed by atoms with Crippen LogP contribution in [-0.2, 0) is 9.47 Å². The minimum atomic E-state index is -0.948. The molecule has 1 aliphatic carbocycles. The first-order chi connectivity index (χ1) is 12.1. The number of nitrogens with two attached hydrogens (primary N) is 1. The van der Waals surface area contributed by atoms with Gasteiger partial charge >= 0.3 is 0 Å². The van der Waals surface area contributed by atoms with E-state index in [1.54, 1.807) is 0 Å². The van der Waals surface area contributed by atoms with Gasteiger partial charge < -0.3 is 25.4 Å². The summed E-state index contributed by atoms with van der Waals surface area (Å²) in [5, 5.41) is 27.1. The zero-order chi connectivity index (χ0) is 17.6. The van der Waals surface area contributed by atoms with Crippen molar-refractivity contribution in [1.82, 2.24) is 15.8 Å². The van der Waals surface area contributed by atoms with Gasteiger partial charge in [-0.05, 0) is 32.6 Å². The van der Waals surface area contributed by atoms with Crippen LogP contribution in [0.5, 0.6) is 0 Å². The van der Waals surface area contributed by atoms with Gasteiger partial charge in [0.1, 0.15) is 6.23 Å². The van der Waals surface area contributed by atoms with E-state index in [0.29, 0.717) is 13.2 Å². The Kier molecular flexibility index (Phi) is 5.07. The molecule has 7 unspecified atom stereocenters. The number of piperidine rings is 1. The van der Waals surface area contributed by atoms with Crippen molar-refractivity contribution in [2.45, 2.75) is 81.9 Å². The Hall–Kier alpha value is -0.320. The summed E-state index contributed by atoms with van der Waals surface area (Å²) >= 11 is 0. The van der Waals surface area contributed by atoms with E-state index in [1.165, 1.54) is 0 Å². The van der Waals surface area contributed by atoms with Crippen LogP contribution in [0.25, 0.3) is 0 Å². The molecule has 8 heteroatoms. The van der Waals surface area contributed by atoms with Gasteiger partial charge in [0.2, 0.25) is 0 Å². The Morgan fingerprint density at radius 2 is 2.12 bits per heavy atom. The highest BCUT2D eigenvalue weighted by Crippen LogP contribution is 2.43. The van der Waals surface area contributed by atoms with Gasteiger partial charge in [-0.15, -0.1) is 0 Å². The van der Waals surface area contributed by atoms with Gasteiger partial charge in [-0.3, -0.25) is 5.32 Å². The van der Waals surface area contributed by atoms with Gasteiger partial charge in [0.25, 0.3) is 0 Å². The van der Waals surface area contributed by atoms with Crippen LogP contribution in [-0.4, -0.2) is 64.9 Å². The summed E-state index contributed by atoms with van der Waals surface area (Å²) in [6.45, 7) is 3.02. The number of nitrogens with one attached hydrogen (secondary N) is 2. The van der Waals surface area contributed by atoms with Crippen molar-refractivity contribution in [2.24, 2.45) is 17.6 Å². The third kappa shape index (κ3) is 3.02. The number of rotatable bonds is 4. The quantitative estimate of drug-likeness (QED) is 0.425. The molecule has 4 rings (SSSR count). The van der Waals surface area contributed by atoms with Crippen molar-refractivity contribution in [3.05, 3.63) is 0 Å². The Balaban J connectivity index is 1.65.